The van der Waals surface area contributed by atoms with Gasteiger partial charge in [0, 0.05) is 12.7 Å². The maximum atomic E-state index is 14.1. The van der Waals surface area contributed by atoms with Gasteiger partial charge in [0.1, 0.15) is 40.8 Å². The normalized spacial score (nSPS) is 11.5. The van der Waals surface area contributed by atoms with Gasteiger partial charge in [0.25, 0.3) is 0 Å². The molecule has 5 nitrogen and oxygen atoms in total. The number of pyridine rings is 1. The Morgan fingerprint density at radius 2 is 1.62 bits per heavy atom. The Hall–Kier alpha value is -3.82. The quantitative estimate of drug-likeness (QED) is 0.381. The minimum absolute atomic E-state index is 0.0223. The molecule has 0 spiro atoms. The zero-order valence-corrected chi connectivity index (χ0v) is 16.3. The Morgan fingerprint density at radius 1 is 0.875 bits per heavy atom. The summed E-state index contributed by atoms with van der Waals surface area (Å²) in [5, 5.41) is 2.95. The highest BCUT2D eigenvalue weighted by Crippen LogP contribution is 2.32. The number of benzene rings is 2. The molecule has 0 aliphatic rings. The molecule has 0 amide bonds. The summed E-state index contributed by atoms with van der Waals surface area (Å²) < 4.78 is 71.8. The van der Waals surface area contributed by atoms with Crippen LogP contribution in [0.25, 0.3) is 10.9 Å². The van der Waals surface area contributed by atoms with Gasteiger partial charge in [-0.15, -0.1) is 0 Å². The number of hydrogen-bond donors (Lipinski definition) is 1. The molecule has 0 saturated heterocycles. The molecule has 4 rings (SSSR count). The third kappa shape index (κ3) is 4.74. The maximum absolute atomic E-state index is 14.1. The van der Waals surface area contributed by atoms with E-state index in [0.29, 0.717) is 18.7 Å². The van der Waals surface area contributed by atoms with Crippen LogP contribution in [-0.4, -0.2) is 21.5 Å². The number of hydrogen-bond acceptors (Lipinski definition) is 5. The van der Waals surface area contributed by atoms with Gasteiger partial charge in [0.2, 0.25) is 0 Å². The van der Waals surface area contributed by atoms with Crippen molar-refractivity contribution in [3.05, 3.63) is 83.9 Å². The van der Waals surface area contributed by atoms with E-state index in [1.165, 1.54) is 6.20 Å². The Kier molecular flexibility index (Phi) is 5.85. The van der Waals surface area contributed by atoms with Crippen LogP contribution in [0, 0.1) is 11.6 Å². The second-order valence-corrected chi connectivity index (χ2v) is 6.80. The van der Waals surface area contributed by atoms with Crippen LogP contribution in [0.3, 0.4) is 0 Å². The molecule has 0 fully saturated rings. The molecule has 0 bridgehead atoms. The van der Waals surface area contributed by atoms with E-state index in [4.69, 9.17) is 4.74 Å². The number of nitrogens with one attached hydrogen (secondary N) is 1. The van der Waals surface area contributed by atoms with Crippen molar-refractivity contribution in [3.63, 3.8) is 0 Å². The summed E-state index contributed by atoms with van der Waals surface area (Å²) >= 11 is 0. The number of fused-ring (bicyclic) bond motifs is 1. The Balaban J connectivity index is 1.39. The first-order valence-electron chi connectivity index (χ1n) is 9.43. The van der Waals surface area contributed by atoms with Crippen LogP contribution < -0.4 is 10.1 Å². The molecule has 1 N–H and O–H groups in total. The SMILES string of the molecule is Fc1ccc(F)c2c(NCCc3ccc(Oc4cncc(C(F)(F)F)c4)cc3)ncnc12. The minimum atomic E-state index is -4.51. The highest BCUT2D eigenvalue weighted by molar-refractivity contribution is 5.89. The summed E-state index contributed by atoms with van der Waals surface area (Å²) in [6, 6.07) is 9.62. The number of anilines is 1. The maximum Gasteiger partial charge on any atom is 0.418 e. The fraction of sp³-hybridized carbons (Fsp3) is 0.136. The molecule has 2 aromatic carbocycles. The molecule has 4 aromatic rings. The summed E-state index contributed by atoms with van der Waals surface area (Å²) in [5.41, 5.74) is -0.114. The molecular formula is C22H15F5N4O. The molecule has 164 valence electrons. The molecular weight excluding hydrogens is 431 g/mol. The van der Waals surface area contributed by atoms with Gasteiger partial charge in [-0.25, -0.2) is 18.7 Å². The van der Waals surface area contributed by atoms with Gasteiger partial charge < -0.3 is 10.1 Å². The van der Waals surface area contributed by atoms with Crippen molar-refractivity contribution in [2.45, 2.75) is 12.6 Å². The van der Waals surface area contributed by atoms with Crippen LogP contribution in [0.4, 0.5) is 27.8 Å². The van der Waals surface area contributed by atoms with Crippen LogP contribution >= 0.6 is 0 Å². The average Bonchev–Trinajstić information content (AvgIpc) is 2.77. The zero-order chi connectivity index (χ0) is 22.7. The van der Waals surface area contributed by atoms with Crippen LogP contribution in [0.15, 0.2) is 61.2 Å². The summed E-state index contributed by atoms with van der Waals surface area (Å²) in [4.78, 5) is 11.3. The summed E-state index contributed by atoms with van der Waals surface area (Å²) in [6.07, 6.45) is -0.909. The minimum Gasteiger partial charge on any atom is -0.456 e. The lowest BCUT2D eigenvalue weighted by atomic mass is 10.1. The molecule has 2 aromatic heterocycles. The van der Waals surface area contributed by atoms with Crippen LogP contribution in [-0.2, 0) is 12.6 Å². The van der Waals surface area contributed by atoms with Gasteiger partial charge in [0.05, 0.1) is 17.1 Å². The largest absolute Gasteiger partial charge is 0.456 e. The van der Waals surface area contributed by atoms with Gasteiger partial charge in [0.15, 0.2) is 0 Å². The molecule has 0 radical (unpaired) electrons. The van der Waals surface area contributed by atoms with E-state index in [1.807, 2.05) is 0 Å². The third-order valence-corrected chi connectivity index (χ3v) is 4.59. The Labute approximate surface area is 178 Å². The number of nitrogens with zero attached hydrogens (tertiary/aromatic N) is 3. The molecule has 0 unspecified atom stereocenters. The van der Waals surface area contributed by atoms with Crippen molar-refractivity contribution in [3.8, 4) is 11.5 Å². The van der Waals surface area contributed by atoms with Crippen LogP contribution in [0.5, 0.6) is 11.5 Å². The molecule has 0 aliphatic carbocycles. The monoisotopic (exact) mass is 446 g/mol. The van der Waals surface area contributed by atoms with Crippen molar-refractivity contribution >= 4 is 16.7 Å². The lowest BCUT2D eigenvalue weighted by Gasteiger charge is -2.11. The van der Waals surface area contributed by atoms with E-state index >= 15 is 0 Å². The molecule has 10 heteroatoms. The van der Waals surface area contributed by atoms with Gasteiger partial charge in [-0.1, -0.05) is 12.1 Å². The number of aromatic nitrogens is 3. The first kappa shape index (κ1) is 21.4. The van der Waals surface area contributed by atoms with Crippen LogP contribution in [0.1, 0.15) is 11.1 Å². The summed E-state index contributed by atoms with van der Waals surface area (Å²) in [5.74, 6) is -0.765. The molecule has 2 heterocycles. The van der Waals surface area contributed by atoms with Gasteiger partial charge >= 0.3 is 6.18 Å². The molecule has 0 atom stereocenters. The highest BCUT2D eigenvalue weighted by Gasteiger charge is 2.31. The molecule has 32 heavy (non-hydrogen) atoms. The van der Waals surface area contributed by atoms with E-state index < -0.39 is 23.4 Å². The lowest BCUT2D eigenvalue weighted by Crippen LogP contribution is -2.08. The Bertz CT molecular complexity index is 1250. The van der Waals surface area contributed by atoms with Gasteiger partial charge in [-0.05, 0) is 42.3 Å². The predicted molar refractivity (Wildman–Crippen MR) is 107 cm³/mol. The van der Waals surface area contributed by atoms with E-state index in [9.17, 15) is 22.0 Å². The highest BCUT2D eigenvalue weighted by atomic mass is 19.4. The van der Waals surface area contributed by atoms with Crippen molar-refractivity contribution in [1.29, 1.82) is 0 Å². The first-order valence-corrected chi connectivity index (χ1v) is 9.43. The second-order valence-electron chi connectivity index (χ2n) is 6.80. The summed E-state index contributed by atoms with van der Waals surface area (Å²) in [7, 11) is 0. The predicted octanol–water partition coefficient (Wildman–Crippen LogP) is 5.77. The van der Waals surface area contributed by atoms with E-state index in [-0.39, 0.29) is 22.5 Å². The topological polar surface area (TPSA) is 59.9 Å². The second kappa shape index (κ2) is 8.74. The number of alkyl halides is 3. The van der Waals surface area contributed by atoms with Crippen molar-refractivity contribution in [1.82, 2.24) is 15.0 Å². The van der Waals surface area contributed by atoms with Crippen molar-refractivity contribution in [2.24, 2.45) is 0 Å². The lowest BCUT2D eigenvalue weighted by molar-refractivity contribution is -0.137. The van der Waals surface area contributed by atoms with E-state index in [2.05, 4.69) is 20.3 Å². The third-order valence-electron chi connectivity index (χ3n) is 4.59. The number of rotatable bonds is 6. The molecule has 0 aliphatic heterocycles. The van der Waals surface area contributed by atoms with Gasteiger partial charge in [-0.2, -0.15) is 13.2 Å². The van der Waals surface area contributed by atoms with Gasteiger partial charge in [-0.3, -0.25) is 4.98 Å². The first-order chi connectivity index (χ1) is 15.3. The standard InChI is InChI=1S/C22H15F5N4O/c23-17-5-6-18(24)20-19(17)21(31-12-30-20)29-8-7-13-1-3-15(4-2-13)32-16-9-14(10-28-11-16)22(25,26)27/h1-6,9-12H,7-8H2,(H,29,30,31). The Morgan fingerprint density at radius 3 is 2.38 bits per heavy atom. The van der Waals surface area contributed by atoms with E-state index in [0.717, 1.165) is 36.3 Å². The van der Waals surface area contributed by atoms with Crippen molar-refractivity contribution in [2.75, 3.05) is 11.9 Å². The van der Waals surface area contributed by atoms with E-state index in [1.54, 1.807) is 24.3 Å². The fourth-order valence-electron chi connectivity index (χ4n) is 3.05. The smallest absolute Gasteiger partial charge is 0.418 e. The fourth-order valence-corrected chi connectivity index (χ4v) is 3.05. The number of ether oxygens (including phenoxy) is 1. The van der Waals surface area contributed by atoms with Crippen molar-refractivity contribution < 1.29 is 26.7 Å². The molecule has 0 saturated carbocycles. The average molecular weight is 446 g/mol. The number of halogens is 5. The summed E-state index contributed by atoms with van der Waals surface area (Å²) in [6.45, 7) is 0.375. The zero-order valence-electron chi connectivity index (χ0n) is 16.3. The van der Waals surface area contributed by atoms with Crippen LogP contribution in [0.2, 0.25) is 0 Å².